The van der Waals surface area contributed by atoms with Gasteiger partial charge in [0.25, 0.3) is 5.91 Å². The van der Waals surface area contributed by atoms with Crippen molar-refractivity contribution in [3.8, 4) is 11.5 Å². The number of amides is 1. The van der Waals surface area contributed by atoms with E-state index in [2.05, 4.69) is 10.1 Å². The SMILES string of the molecule is COc1cc(/C=C/C(=O)O[C@@H](C)C(=O)Nc2ccc(S(=O)(=O)N3CCCC3)cc2)ccc1OC(F)F. The van der Waals surface area contributed by atoms with Crippen LogP contribution in [0.25, 0.3) is 6.08 Å². The van der Waals surface area contributed by atoms with Crippen LogP contribution in [-0.4, -0.2) is 57.5 Å². The summed E-state index contributed by atoms with van der Waals surface area (Å²) in [6, 6.07) is 9.85. The molecule has 1 N–H and O–H groups in total. The van der Waals surface area contributed by atoms with Crippen LogP contribution in [0.15, 0.2) is 53.4 Å². The smallest absolute Gasteiger partial charge is 0.387 e. The topological polar surface area (TPSA) is 111 Å². The van der Waals surface area contributed by atoms with Crippen molar-refractivity contribution >= 4 is 33.7 Å². The zero-order valence-corrected chi connectivity index (χ0v) is 20.5. The minimum Gasteiger partial charge on any atom is -0.493 e. The zero-order valence-electron chi connectivity index (χ0n) is 19.6. The molecule has 1 aliphatic heterocycles. The standard InChI is InChI=1S/C24H26F2N2O7S/c1-16(34-22(29)12-6-17-5-11-20(35-24(25)26)21(15-17)33-2)23(30)27-18-7-9-19(10-8-18)36(31,32)28-13-3-4-14-28/h5-12,15-16,24H,3-4,13-14H2,1-2H3,(H,27,30)/b12-6+/t16-/m0/s1. The number of ether oxygens (including phenoxy) is 3. The fourth-order valence-electron chi connectivity index (χ4n) is 3.44. The van der Waals surface area contributed by atoms with E-state index in [0.29, 0.717) is 24.3 Å². The first kappa shape index (κ1) is 27.1. The summed E-state index contributed by atoms with van der Waals surface area (Å²) in [7, 11) is -2.27. The number of carbonyl (C=O) groups is 2. The van der Waals surface area contributed by atoms with E-state index in [1.165, 1.54) is 66.9 Å². The molecular formula is C24H26F2N2O7S. The maximum Gasteiger partial charge on any atom is 0.387 e. The number of rotatable bonds is 10. The van der Waals surface area contributed by atoms with Crippen molar-refractivity contribution < 1.29 is 41.0 Å². The van der Waals surface area contributed by atoms with Gasteiger partial charge in [0.1, 0.15) is 0 Å². The van der Waals surface area contributed by atoms with Crippen molar-refractivity contribution in [2.75, 3.05) is 25.5 Å². The molecule has 2 aromatic rings. The molecule has 0 spiro atoms. The molecule has 0 radical (unpaired) electrons. The Morgan fingerprint density at radius 1 is 1.06 bits per heavy atom. The number of nitrogens with zero attached hydrogens (tertiary/aromatic N) is 1. The van der Waals surface area contributed by atoms with Crippen LogP contribution in [0.5, 0.6) is 11.5 Å². The summed E-state index contributed by atoms with van der Waals surface area (Å²) >= 11 is 0. The number of methoxy groups -OCH3 is 1. The molecule has 1 heterocycles. The van der Waals surface area contributed by atoms with Gasteiger partial charge in [-0.3, -0.25) is 4.79 Å². The molecule has 0 aliphatic carbocycles. The van der Waals surface area contributed by atoms with Gasteiger partial charge in [-0.1, -0.05) is 6.07 Å². The molecule has 9 nitrogen and oxygen atoms in total. The lowest BCUT2D eigenvalue weighted by Crippen LogP contribution is -2.29. The van der Waals surface area contributed by atoms with Gasteiger partial charge in [0.05, 0.1) is 12.0 Å². The molecule has 0 bridgehead atoms. The van der Waals surface area contributed by atoms with E-state index in [-0.39, 0.29) is 16.4 Å². The third-order valence-corrected chi connectivity index (χ3v) is 7.22. The average molecular weight is 525 g/mol. The number of benzene rings is 2. The van der Waals surface area contributed by atoms with Crippen molar-refractivity contribution in [3.05, 3.63) is 54.1 Å². The van der Waals surface area contributed by atoms with Gasteiger partial charge >= 0.3 is 12.6 Å². The first-order valence-electron chi connectivity index (χ1n) is 11.0. The monoisotopic (exact) mass is 524 g/mol. The number of hydrogen-bond donors (Lipinski definition) is 1. The van der Waals surface area contributed by atoms with Crippen LogP contribution in [0.2, 0.25) is 0 Å². The van der Waals surface area contributed by atoms with E-state index < -0.39 is 34.6 Å². The van der Waals surface area contributed by atoms with Crippen LogP contribution < -0.4 is 14.8 Å². The molecule has 1 atom stereocenters. The number of alkyl halides is 2. The molecule has 1 amide bonds. The molecule has 0 unspecified atom stereocenters. The van der Waals surface area contributed by atoms with Crippen molar-refractivity contribution in [2.45, 2.75) is 37.4 Å². The van der Waals surface area contributed by atoms with E-state index in [1.807, 2.05) is 0 Å². The number of halogens is 2. The highest BCUT2D eigenvalue weighted by Gasteiger charge is 2.27. The second kappa shape index (κ2) is 12.0. The molecule has 1 fully saturated rings. The number of esters is 1. The van der Waals surface area contributed by atoms with Gasteiger partial charge in [0.15, 0.2) is 17.6 Å². The molecular weight excluding hydrogens is 498 g/mol. The van der Waals surface area contributed by atoms with Gasteiger partial charge in [-0.15, -0.1) is 0 Å². The Balaban J connectivity index is 1.55. The Bertz CT molecular complexity index is 1210. The normalized spacial score (nSPS) is 15.1. The number of nitrogens with one attached hydrogen (secondary N) is 1. The van der Waals surface area contributed by atoms with Crippen LogP contribution in [0.1, 0.15) is 25.3 Å². The largest absolute Gasteiger partial charge is 0.493 e. The Morgan fingerprint density at radius 2 is 1.72 bits per heavy atom. The summed E-state index contributed by atoms with van der Waals surface area (Å²) in [4.78, 5) is 24.6. The quantitative estimate of drug-likeness (QED) is 0.373. The van der Waals surface area contributed by atoms with Crippen molar-refractivity contribution in [2.24, 2.45) is 0 Å². The van der Waals surface area contributed by atoms with Gasteiger partial charge in [-0.05, 0) is 67.8 Å². The number of anilines is 1. The zero-order chi connectivity index (χ0) is 26.3. The molecule has 12 heteroatoms. The number of sulfonamides is 1. The summed E-state index contributed by atoms with van der Waals surface area (Å²) in [5, 5.41) is 2.57. The summed E-state index contributed by atoms with van der Waals surface area (Å²) in [5.74, 6) is -1.52. The van der Waals surface area contributed by atoms with Crippen LogP contribution in [-0.2, 0) is 24.3 Å². The van der Waals surface area contributed by atoms with Crippen LogP contribution in [0.4, 0.5) is 14.5 Å². The van der Waals surface area contributed by atoms with Crippen LogP contribution in [0.3, 0.4) is 0 Å². The minimum absolute atomic E-state index is 0.0535. The van der Waals surface area contributed by atoms with E-state index in [9.17, 15) is 26.8 Å². The summed E-state index contributed by atoms with van der Waals surface area (Å²) < 4.78 is 65.9. The van der Waals surface area contributed by atoms with E-state index in [0.717, 1.165) is 18.9 Å². The first-order valence-corrected chi connectivity index (χ1v) is 12.5. The molecule has 1 aliphatic rings. The molecule has 0 saturated carbocycles. The highest BCUT2D eigenvalue weighted by atomic mass is 32.2. The molecule has 2 aromatic carbocycles. The fraction of sp³-hybridized carbons (Fsp3) is 0.333. The fourth-order valence-corrected chi connectivity index (χ4v) is 4.96. The molecule has 0 aromatic heterocycles. The predicted octanol–water partition coefficient (Wildman–Crippen LogP) is 3.66. The molecule has 3 rings (SSSR count). The maximum absolute atomic E-state index is 12.6. The summed E-state index contributed by atoms with van der Waals surface area (Å²) in [6.07, 6.45) is 2.95. The second-order valence-corrected chi connectivity index (χ2v) is 9.76. The van der Waals surface area contributed by atoms with E-state index in [1.54, 1.807) is 0 Å². The highest BCUT2D eigenvalue weighted by Crippen LogP contribution is 2.30. The third kappa shape index (κ3) is 7.01. The number of hydrogen-bond acceptors (Lipinski definition) is 7. The lowest BCUT2D eigenvalue weighted by Gasteiger charge is -2.16. The maximum atomic E-state index is 12.6. The molecule has 1 saturated heterocycles. The van der Waals surface area contributed by atoms with Gasteiger partial charge < -0.3 is 19.5 Å². The van der Waals surface area contributed by atoms with E-state index in [4.69, 9.17) is 9.47 Å². The van der Waals surface area contributed by atoms with Crippen molar-refractivity contribution in [3.63, 3.8) is 0 Å². The lowest BCUT2D eigenvalue weighted by molar-refractivity contribution is -0.148. The van der Waals surface area contributed by atoms with Crippen molar-refractivity contribution in [1.82, 2.24) is 4.31 Å². The summed E-state index contributed by atoms with van der Waals surface area (Å²) in [6.45, 7) is -0.648. The highest BCUT2D eigenvalue weighted by molar-refractivity contribution is 7.89. The van der Waals surface area contributed by atoms with Gasteiger partial charge in [0, 0.05) is 24.9 Å². The molecule has 194 valence electrons. The average Bonchev–Trinajstić information content (AvgIpc) is 3.39. The number of carbonyl (C=O) groups excluding carboxylic acids is 2. The van der Waals surface area contributed by atoms with Crippen molar-refractivity contribution in [1.29, 1.82) is 0 Å². The predicted molar refractivity (Wildman–Crippen MR) is 127 cm³/mol. The first-order chi connectivity index (χ1) is 17.1. The Kier molecular flexibility index (Phi) is 8.99. The van der Waals surface area contributed by atoms with Crippen LogP contribution >= 0.6 is 0 Å². The summed E-state index contributed by atoms with van der Waals surface area (Å²) in [5.41, 5.74) is 0.795. The third-order valence-electron chi connectivity index (χ3n) is 5.30. The minimum atomic E-state index is -3.56. The Hall–Kier alpha value is -3.51. The van der Waals surface area contributed by atoms with Gasteiger partial charge in [-0.25, -0.2) is 13.2 Å². The Morgan fingerprint density at radius 3 is 2.33 bits per heavy atom. The van der Waals surface area contributed by atoms with E-state index >= 15 is 0 Å². The lowest BCUT2D eigenvalue weighted by atomic mass is 10.2. The second-order valence-electron chi connectivity index (χ2n) is 7.83. The van der Waals surface area contributed by atoms with Crippen LogP contribution in [0, 0.1) is 0 Å². The van der Waals surface area contributed by atoms with Gasteiger partial charge in [-0.2, -0.15) is 13.1 Å². The molecule has 36 heavy (non-hydrogen) atoms. The Labute approximate surface area is 207 Å². The van der Waals surface area contributed by atoms with Gasteiger partial charge in [0.2, 0.25) is 10.0 Å².